The molecule has 0 saturated heterocycles. The lowest BCUT2D eigenvalue weighted by atomic mass is 10.1. The van der Waals surface area contributed by atoms with Gasteiger partial charge in [0.2, 0.25) is 0 Å². The highest BCUT2D eigenvalue weighted by Crippen LogP contribution is 2.16. The molecule has 3 nitrogen and oxygen atoms in total. The lowest BCUT2D eigenvalue weighted by molar-refractivity contribution is -0.133. The normalized spacial score (nSPS) is 12.5. The molecule has 13 heavy (non-hydrogen) atoms. The van der Waals surface area contributed by atoms with Gasteiger partial charge in [-0.3, -0.25) is 9.63 Å². The number of Topliss-reactive ketones (excluding diaryl/α,β-unsaturated/α-hetero) is 1. The maximum absolute atomic E-state index is 11.2. The summed E-state index contributed by atoms with van der Waals surface area (Å²) in [5.74, 6) is -0.0134. The largest absolute Gasteiger partial charge is 0.297 e. The smallest absolute Gasteiger partial charge is 0.165 e. The Hall–Kier alpha value is -1.19. The summed E-state index contributed by atoms with van der Waals surface area (Å²) in [6, 6.07) is 9.39. The van der Waals surface area contributed by atoms with Crippen molar-refractivity contribution in [3.63, 3.8) is 0 Å². The van der Waals surface area contributed by atoms with Crippen LogP contribution in [0.15, 0.2) is 30.3 Å². The second kappa shape index (κ2) is 4.74. The zero-order chi connectivity index (χ0) is 9.68. The summed E-state index contributed by atoms with van der Waals surface area (Å²) < 4.78 is 0. The third-order valence-electron chi connectivity index (χ3n) is 1.71. The Balaban J connectivity index is 2.82. The van der Waals surface area contributed by atoms with Gasteiger partial charge in [0, 0.05) is 7.05 Å². The number of carbonyl (C=O) groups excluding carboxylic acids is 1. The number of hydrogen-bond donors (Lipinski definition) is 1. The predicted molar refractivity (Wildman–Crippen MR) is 50.0 cm³/mol. The Morgan fingerprint density at radius 2 is 2.00 bits per heavy atom. The molecule has 1 aromatic carbocycles. The van der Waals surface area contributed by atoms with Crippen molar-refractivity contribution in [2.24, 2.45) is 0 Å². The zero-order valence-corrected chi connectivity index (χ0v) is 7.78. The van der Waals surface area contributed by atoms with Crippen LogP contribution in [0.3, 0.4) is 0 Å². The van der Waals surface area contributed by atoms with Crippen LogP contribution in [0.2, 0.25) is 0 Å². The first-order valence-electron chi connectivity index (χ1n) is 4.13. The fraction of sp³-hybridized carbons (Fsp3) is 0.300. The van der Waals surface area contributed by atoms with Crippen LogP contribution in [0.5, 0.6) is 0 Å². The quantitative estimate of drug-likeness (QED) is 0.711. The van der Waals surface area contributed by atoms with Crippen molar-refractivity contribution < 1.29 is 9.63 Å². The summed E-state index contributed by atoms with van der Waals surface area (Å²) in [7, 11) is 1.64. The van der Waals surface area contributed by atoms with E-state index < -0.39 is 6.10 Å². The lowest BCUT2D eigenvalue weighted by Gasteiger charge is -2.13. The van der Waals surface area contributed by atoms with E-state index in [4.69, 9.17) is 4.84 Å². The van der Waals surface area contributed by atoms with Crippen molar-refractivity contribution in [2.75, 3.05) is 7.05 Å². The van der Waals surface area contributed by atoms with Crippen molar-refractivity contribution in [3.8, 4) is 0 Å². The molecule has 70 valence electrons. The lowest BCUT2D eigenvalue weighted by Crippen LogP contribution is -2.19. The van der Waals surface area contributed by atoms with Crippen molar-refractivity contribution in [1.29, 1.82) is 0 Å². The van der Waals surface area contributed by atoms with E-state index in [1.54, 1.807) is 7.05 Å². The van der Waals surface area contributed by atoms with Crippen molar-refractivity contribution in [2.45, 2.75) is 13.0 Å². The molecule has 0 aromatic heterocycles. The predicted octanol–water partition coefficient (Wildman–Crippen LogP) is 1.47. The van der Waals surface area contributed by atoms with Crippen LogP contribution in [0.25, 0.3) is 0 Å². The van der Waals surface area contributed by atoms with E-state index in [0.29, 0.717) is 0 Å². The van der Waals surface area contributed by atoms with E-state index in [2.05, 4.69) is 5.48 Å². The van der Waals surface area contributed by atoms with Crippen LogP contribution < -0.4 is 5.48 Å². The Morgan fingerprint density at radius 1 is 1.38 bits per heavy atom. The van der Waals surface area contributed by atoms with Gasteiger partial charge in [0.1, 0.15) is 0 Å². The summed E-state index contributed by atoms with van der Waals surface area (Å²) in [5.41, 5.74) is 3.39. The van der Waals surface area contributed by atoms with Gasteiger partial charge >= 0.3 is 0 Å². The molecule has 0 spiro atoms. The van der Waals surface area contributed by atoms with Gasteiger partial charge in [-0.2, -0.15) is 0 Å². The number of rotatable bonds is 4. The molecule has 0 heterocycles. The molecule has 1 aromatic rings. The van der Waals surface area contributed by atoms with Crippen LogP contribution in [-0.4, -0.2) is 12.8 Å². The van der Waals surface area contributed by atoms with Gasteiger partial charge in [-0.15, -0.1) is 0 Å². The topological polar surface area (TPSA) is 38.3 Å². The standard InChI is InChI=1S/C10H13NO2/c1-8(12)10(13-11-2)9-6-4-3-5-7-9/h3-7,10-11H,1-2H3. The molecule has 1 unspecified atom stereocenters. The molecule has 1 atom stereocenters. The minimum Gasteiger partial charge on any atom is -0.297 e. The monoisotopic (exact) mass is 179 g/mol. The van der Waals surface area contributed by atoms with E-state index in [1.807, 2.05) is 30.3 Å². The molecule has 1 N–H and O–H groups in total. The number of hydroxylamine groups is 1. The minimum absolute atomic E-state index is 0.0134. The maximum Gasteiger partial charge on any atom is 0.165 e. The Labute approximate surface area is 77.7 Å². The highest BCUT2D eigenvalue weighted by Gasteiger charge is 2.16. The van der Waals surface area contributed by atoms with Gasteiger partial charge in [0.15, 0.2) is 11.9 Å². The fourth-order valence-electron chi connectivity index (χ4n) is 1.13. The fourth-order valence-corrected chi connectivity index (χ4v) is 1.13. The first-order valence-corrected chi connectivity index (χ1v) is 4.13. The number of nitrogens with one attached hydrogen (secondary N) is 1. The van der Waals surface area contributed by atoms with Crippen molar-refractivity contribution in [1.82, 2.24) is 5.48 Å². The number of carbonyl (C=O) groups is 1. The van der Waals surface area contributed by atoms with Crippen LogP contribution in [0, 0.1) is 0 Å². The summed E-state index contributed by atoms with van der Waals surface area (Å²) in [6.45, 7) is 1.51. The third-order valence-corrected chi connectivity index (χ3v) is 1.71. The van der Waals surface area contributed by atoms with Crippen molar-refractivity contribution in [3.05, 3.63) is 35.9 Å². The van der Waals surface area contributed by atoms with E-state index in [9.17, 15) is 4.79 Å². The molecule has 0 radical (unpaired) electrons. The first kappa shape index (κ1) is 9.89. The molecular formula is C10H13NO2. The summed E-state index contributed by atoms with van der Waals surface area (Å²) in [6.07, 6.45) is -0.508. The average Bonchev–Trinajstić information content (AvgIpc) is 2.15. The number of benzene rings is 1. The van der Waals surface area contributed by atoms with E-state index >= 15 is 0 Å². The van der Waals surface area contributed by atoms with E-state index in [1.165, 1.54) is 6.92 Å². The highest BCUT2D eigenvalue weighted by molar-refractivity contribution is 5.81. The SMILES string of the molecule is CNOC(C(C)=O)c1ccccc1. The van der Waals surface area contributed by atoms with Crippen LogP contribution in [0.1, 0.15) is 18.6 Å². The molecule has 0 aliphatic heterocycles. The molecular weight excluding hydrogens is 166 g/mol. The Kier molecular flexibility index (Phi) is 3.61. The van der Waals surface area contributed by atoms with E-state index in [-0.39, 0.29) is 5.78 Å². The molecule has 0 fully saturated rings. The molecule has 0 amide bonds. The maximum atomic E-state index is 11.2. The van der Waals surface area contributed by atoms with Crippen LogP contribution in [0.4, 0.5) is 0 Å². The van der Waals surface area contributed by atoms with Gasteiger partial charge in [-0.05, 0) is 12.5 Å². The molecule has 0 aliphatic rings. The Morgan fingerprint density at radius 3 is 2.46 bits per heavy atom. The van der Waals surface area contributed by atoms with Gasteiger partial charge < -0.3 is 0 Å². The third kappa shape index (κ3) is 2.65. The number of ketones is 1. The second-order valence-electron chi connectivity index (χ2n) is 2.72. The van der Waals surface area contributed by atoms with E-state index in [0.717, 1.165) is 5.56 Å². The summed E-state index contributed by atoms with van der Waals surface area (Å²) in [5, 5.41) is 0. The average molecular weight is 179 g/mol. The second-order valence-corrected chi connectivity index (χ2v) is 2.72. The van der Waals surface area contributed by atoms with Gasteiger partial charge in [-0.1, -0.05) is 30.3 Å². The van der Waals surface area contributed by atoms with Gasteiger partial charge in [-0.25, -0.2) is 5.48 Å². The van der Waals surface area contributed by atoms with Crippen molar-refractivity contribution >= 4 is 5.78 Å². The van der Waals surface area contributed by atoms with Gasteiger partial charge in [0.25, 0.3) is 0 Å². The first-order chi connectivity index (χ1) is 6.25. The van der Waals surface area contributed by atoms with Gasteiger partial charge in [0.05, 0.1) is 0 Å². The molecule has 0 bridgehead atoms. The minimum atomic E-state index is -0.508. The molecule has 0 aliphatic carbocycles. The Bertz CT molecular complexity index is 272. The molecule has 3 heteroatoms. The summed E-state index contributed by atoms with van der Waals surface area (Å²) >= 11 is 0. The zero-order valence-electron chi connectivity index (χ0n) is 7.78. The molecule has 1 rings (SSSR count). The number of hydrogen-bond acceptors (Lipinski definition) is 3. The molecule has 0 saturated carbocycles. The highest BCUT2D eigenvalue weighted by atomic mass is 16.7. The van der Waals surface area contributed by atoms with Crippen LogP contribution >= 0.6 is 0 Å². The summed E-state index contributed by atoms with van der Waals surface area (Å²) in [4.78, 5) is 16.3. The van der Waals surface area contributed by atoms with Crippen LogP contribution in [-0.2, 0) is 9.63 Å².